The van der Waals surface area contributed by atoms with Crippen LogP contribution in [0, 0.1) is 13.8 Å². The highest BCUT2D eigenvalue weighted by molar-refractivity contribution is 8.44. The fraction of sp³-hybridized carbons (Fsp3) is 0.586. The van der Waals surface area contributed by atoms with Gasteiger partial charge >= 0.3 is 33.7 Å². The van der Waals surface area contributed by atoms with Crippen LogP contribution in [-0.2, 0) is 107 Å². The first-order chi connectivity index (χ1) is 53.5. The lowest BCUT2D eigenvalue weighted by Crippen LogP contribution is -2.51. The molecule has 25 atom stereocenters. The fourth-order valence-corrected chi connectivity index (χ4v) is 21.2. The molecule has 17 rings (SSSR count). The summed E-state index contributed by atoms with van der Waals surface area (Å²) in [6, 6.07) is 0. The number of hydrogen-bond acceptors (Lipinski definition) is 39. The minimum atomic E-state index is -5.66. The Morgan fingerprint density at radius 2 is 1.04 bits per heavy atom. The van der Waals surface area contributed by atoms with Crippen molar-refractivity contribution in [2.45, 2.75) is 188 Å². The average molecular weight is 1710 g/mol. The highest BCUT2D eigenvalue weighted by atomic mass is 32.7. The maximum atomic E-state index is 15.3. The number of nitrogens with one attached hydrogen (secondary N) is 3. The maximum absolute atomic E-state index is 15.3. The normalized spacial score (nSPS) is 34.7. The van der Waals surface area contributed by atoms with Crippen molar-refractivity contribution in [3.05, 3.63) is 90.8 Å². The number of aromatic nitrogens is 18. The van der Waals surface area contributed by atoms with Crippen LogP contribution in [0.2, 0.25) is 0 Å². The zero-order chi connectivity index (χ0) is 79.9. The first-order valence-corrected chi connectivity index (χ1v) is 44.1. The second kappa shape index (κ2) is 28.4. The minimum absolute atomic E-state index is 0.0161. The van der Waals surface area contributed by atoms with E-state index in [0.717, 1.165) is 6.33 Å². The SMILES string of the molecule is CC[C@H]1O[C@@H](n2cc(C)c(N)nc2=O)C[C@H]1OP(O)(=S)OC[C@H]1O[C@@H](n2cnc3c(=O)[nH]c(N)nc32)C[C@H]1OP(=O)(S)OC[C@]12O[C@@H](n3cnc4c(N)ncnc43)C(O[C@H]1C)[C@H]2OP(=O)(O)OC[C@]12O[C@@H](n3cnc4c(=O)[nH]c(N)nc43)C(O[C@H]1C)[C@H]2OP(O)(=S)OC[C@]12O[C@@H](n3cnc4c(=O)[nH]c(C)nc43)C(O[C@H]1C)[C@H]2O. The highest BCUT2D eigenvalue weighted by Crippen LogP contribution is 2.64. The van der Waals surface area contributed by atoms with Crippen LogP contribution >= 0.6 is 40.3 Å². The lowest BCUT2D eigenvalue weighted by molar-refractivity contribution is -0.217. The molecule has 9 aromatic rings. The Morgan fingerprint density at radius 3 is 1.67 bits per heavy atom. The van der Waals surface area contributed by atoms with E-state index in [1.807, 2.05) is 0 Å². The van der Waals surface area contributed by atoms with E-state index < -0.39 is 204 Å². The van der Waals surface area contributed by atoms with E-state index in [1.54, 1.807) is 27.7 Å². The molecule has 113 heavy (non-hydrogen) atoms. The van der Waals surface area contributed by atoms with Crippen molar-refractivity contribution in [2.24, 2.45) is 0 Å². The predicted molar refractivity (Wildman–Crippen MR) is 393 cm³/mol. The van der Waals surface area contributed by atoms with Crippen molar-refractivity contribution in [1.29, 1.82) is 0 Å². The molecule has 6 bridgehead atoms. The summed E-state index contributed by atoms with van der Waals surface area (Å²) in [4.78, 5) is 138. The number of thiol groups is 1. The van der Waals surface area contributed by atoms with Gasteiger partial charge < -0.3 is 99.2 Å². The molecule has 0 radical (unpaired) electrons. The van der Waals surface area contributed by atoms with Gasteiger partial charge in [0.2, 0.25) is 11.9 Å². The smallest absolute Gasteiger partial charge is 0.387 e. The zero-order valence-electron chi connectivity index (χ0n) is 59.6. The van der Waals surface area contributed by atoms with Gasteiger partial charge in [0.25, 0.3) is 16.7 Å². The van der Waals surface area contributed by atoms with E-state index >= 15 is 9.13 Å². The molecule has 15 N–H and O–H groups in total. The average Bonchev–Trinajstić information content (AvgIpc) is 1.55. The van der Waals surface area contributed by atoms with E-state index in [-0.39, 0.29) is 86.9 Å². The van der Waals surface area contributed by atoms with Crippen molar-refractivity contribution in [3.8, 4) is 0 Å². The van der Waals surface area contributed by atoms with Crippen LogP contribution < -0.4 is 45.3 Å². The summed E-state index contributed by atoms with van der Waals surface area (Å²) in [6.07, 6.45) is -14.7. The van der Waals surface area contributed by atoms with E-state index in [4.69, 9.17) is 121 Å². The number of ether oxygens (including phenoxy) is 8. The van der Waals surface area contributed by atoms with Crippen LogP contribution in [0.4, 0.5) is 23.5 Å². The molecule has 0 saturated carbocycles. The Hall–Kier alpha value is -7.01. The molecule has 48 nitrogen and oxygen atoms in total. The maximum Gasteiger partial charge on any atom is 0.472 e. The standard InChI is InChI=1S/C58H72N22O26P4S3/c1-7-25-26(8-29(98-25)76-10-20(2)41(59)71-55(76)85)103-108(88,111)91-11-28-27(9-30(99-28)77-16-66-33-45(77)72-53(61)74-48(33)83)104-109(89,112)94-14-58-23(5)96-36(51(101-58)78-17-65-31-42(60)63-15-64-43(31)78)39(58)105-107(86,87)92-13-57-22(4)97-37(52(102-57)80-19-68-34-46(80)73-54(62)75-49(34)84)40(57)106-110(90,113)93-12-56-21(3)95-35(38(56)81)50(100-56)79-18-67-32-44(79)69-24(6)70-47(32)82/h10,15-19,21-23,25-30,35-40,50-52,81H,7-9,11-14H2,1-6H3,(H,86,87)(H,88,111)(H,89,112)(H,90,113)(H2,59,71,85)(H2,60,63,64)(H,69,70,82)(H3,61,72,74,83)(H3,62,73,75,84)/t21-,22-,23-,25+,26+,27+,28+,29+,30+,35?,36?,37?,38+,39+,40+,50+,51+,52+,56-,57-,58-,108?,109?,110?/m0/s1. The predicted octanol–water partition coefficient (Wildman–Crippen LogP) is 0.118. The van der Waals surface area contributed by atoms with Crippen molar-refractivity contribution in [1.82, 2.24) is 87.6 Å². The molecule has 0 aliphatic carbocycles. The Bertz CT molecular complexity index is 5780. The third-order valence-electron chi connectivity index (χ3n) is 21.4. The van der Waals surface area contributed by atoms with Crippen molar-refractivity contribution in [3.63, 3.8) is 0 Å². The fourth-order valence-electron chi connectivity index (χ4n) is 15.8. The van der Waals surface area contributed by atoms with Crippen LogP contribution in [0.15, 0.2) is 57.0 Å². The first kappa shape index (κ1) is 78.5. The number of nitrogens with zero attached hydrogens (tertiary/aromatic N) is 15. The number of aromatic amines is 3. The second-order valence-corrected chi connectivity index (χ2v) is 38.0. The van der Waals surface area contributed by atoms with Crippen LogP contribution in [-0.4, -0.2) is 230 Å². The minimum Gasteiger partial charge on any atom is -0.387 e. The van der Waals surface area contributed by atoms with Gasteiger partial charge in [0.1, 0.15) is 102 Å². The number of hydrogen-bond donors (Lipinski definition) is 12. The second-order valence-electron chi connectivity index (χ2n) is 28.1. The summed E-state index contributed by atoms with van der Waals surface area (Å²) < 4.78 is 138. The van der Waals surface area contributed by atoms with Gasteiger partial charge in [-0.15, -0.1) is 0 Å². The summed E-state index contributed by atoms with van der Waals surface area (Å²) in [5.41, 5.74) is 15.8. The molecule has 17 heterocycles. The topological polar surface area (TPSA) is 636 Å². The number of rotatable bonds is 26. The number of phosphoric acid groups is 1. The molecule has 0 spiro atoms. The van der Waals surface area contributed by atoms with E-state index in [0.29, 0.717) is 12.0 Å². The summed E-state index contributed by atoms with van der Waals surface area (Å²) in [5, 5.41) is 11.9. The van der Waals surface area contributed by atoms with Crippen LogP contribution in [0.25, 0.3) is 44.7 Å². The molecule has 9 aromatic heterocycles. The van der Waals surface area contributed by atoms with E-state index in [9.17, 15) is 39.0 Å². The molecule has 8 aliphatic rings. The molecule has 8 aliphatic heterocycles. The van der Waals surface area contributed by atoms with Gasteiger partial charge in [-0.05, 0) is 64.7 Å². The number of imidazole rings is 4. The van der Waals surface area contributed by atoms with Gasteiger partial charge in [-0.3, -0.25) is 69.8 Å². The number of phosphoric ester groups is 1. The third kappa shape index (κ3) is 13.5. The number of aliphatic hydroxyl groups excluding tert-OH is 1. The monoisotopic (exact) mass is 1710 g/mol. The summed E-state index contributed by atoms with van der Waals surface area (Å²) >= 11 is 15.7. The van der Waals surface area contributed by atoms with Gasteiger partial charge in [-0.1, -0.05) is 19.2 Å². The molecular weight excluding hydrogens is 1640 g/mol. The number of aryl methyl sites for hydroxylation is 2. The Balaban J connectivity index is 0.641. The highest BCUT2D eigenvalue weighted by Gasteiger charge is 2.72. The quantitative estimate of drug-likeness (QED) is 0.0253. The van der Waals surface area contributed by atoms with Crippen LogP contribution in [0.3, 0.4) is 0 Å². The number of nitrogens with two attached hydrogens (primary N) is 4. The van der Waals surface area contributed by atoms with Gasteiger partial charge in [-0.25, -0.2) is 48.8 Å². The van der Waals surface area contributed by atoms with Crippen molar-refractivity contribution < 1.29 is 103 Å². The van der Waals surface area contributed by atoms with E-state index in [1.165, 1.54) is 68.2 Å². The van der Waals surface area contributed by atoms with Crippen LogP contribution in [0.5, 0.6) is 0 Å². The van der Waals surface area contributed by atoms with Gasteiger partial charge in [0, 0.05) is 24.6 Å². The van der Waals surface area contributed by atoms with Gasteiger partial charge in [-0.2, -0.15) is 15.0 Å². The Morgan fingerprint density at radius 1 is 0.558 bits per heavy atom. The lowest BCUT2D eigenvalue weighted by atomic mass is 9.94. The number of fused-ring (bicyclic) bond motifs is 10. The molecule has 55 heteroatoms. The molecule has 8 saturated heterocycles. The molecule has 7 unspecified atom stereocenters. The summed E-state index contributed by atoms with van der Waals surface area (Å²) in [6.45, 7) is -7.51. The molecule has 0 aromatic carbocycles. The molecule has 8 fully saturated rings. The summed E-state index contributed by atoms with van der Waals surface area (Å²) in [5.74, 6) is -0.313. The van der Waals surface area contributed by atoms with Gasteiger partial charge in [0.15, 0.2) is 63.6 Å². The van der Waals surface area contributed by atoms with Crippen LogP contribution in [0.1, 0.15) is 89.5 Å². The third-order valence-corrected chi connectivity index (χ3v) is 27.1. The van der Waals surface area contributed by atoms with E-state index in [2.05, 4.69) is 77.0 Å². The largest absolute Gasteiger partial charge is 0.472 e. The molecular formula is C58H72N22O26P4S3. The molecule has 0 amide bonds. The lowest BCUT2D eigenvalue weighted by Gasteiger charge is -2.38. The first-order valence-electron chi connectivity index (χ1n) is 34.8. The van der Waals surface area contributed by atoms with Crippen molar-refractivity contribution in [2.75, 3.05) is 49.4 Å². The Kier molecular flexibility index (Phi) is 19.7. The number of aliphatic hydroxyl groups is 1. The zero-order valence-corrected chi connectivity index (χ0v) is 65.8. The number of nitrogen functional groups attached to an aromatic ring is 4. The molecule has 608 valence electrons. The van der Waals surface area contributed by atoms with Crippen molar-refractivity contribution >= 4 is 132 Å². The number of H-pyrrole nitrogens is 3. The summed E-state index contributed by atoms with van der Waals surface area (Å²) in [7, 11) is -5.66. The number of anilines is 4. The Labute approximate surface area is 647 Å². The van der Waals surface area contributed by atoms with Gasteiger partial charge in [0.05, 0.1) is 82.3 Å².